The maximum absolute atomic E-state index is 9.29. The third-order valence-electron chi connectivity index (χ3n) is 2.62. The van der Waals surface area contributed by atoms with Gasteiger partial charge in [-0.3, -0.25) is 5.32 Å². The zero-order chi connectivity index (χ0) is 15.1. The van der Waals surface area contributed by atoms with E-state index in [1.807, 2.05) is 13.8 Å². The third kappa shape index (κ3) is 5.03. The fourth-order valence-corrected chi connectivity index (χ4v) is 1.96. The molecule has 0 aromatic heterocycles. The standard InChI is InChI=1S/C14H18Cl2N4/c1-10(2)19-9-20(8-18)13(7-17)5-11-3-4-12(15)6-14(11)16/h3-6,10,19H,8-9,18H2,1-2H3/b13-5-. The monoisotopic (exact) mass is 312 g/mol. The molecule has 0 aliphatic carbocycles. The number of benzene rings is 1. The Balaban J connectivity index is 2.98. The largest absolute Gasteiger partial charge is 0.338 e. The molecular formula is C14H18Cl2N4. The van der Waals surface area contributed by atoms with Crippen molar-refractivity contribution in [2.24, 2.45) is 5.73 Å². The minimum absolute atomic E-state index is 0.240. The summed E-state index contributed by atoms with van der Waals surface area (Å²) in [7, 11) is 0. The highest BCUT2D eigenvalue weighted by Gasteiger charge is 2.09. The Morgan fingerprint density at radius 1 is 1.50 bits per heavy atom. The third-order valence-corrected chi connectivity index (χ3v) is 3.18. The molecule has 0 bridgehead atoms. The molecule has 0 radical (unpaired) electrons. The van der Waals surface area contributed by atoms with E-state index in [9.17, 15) is 5.26 Å². The van der Waals surface area contributed by atoms with Gasteiger partial charge in [-0.2, -0.15) is 5.26 Å². The van der Waals surface area contributed by atoms with Crippen LogP contribution in [0, 0.1) is 11.3 Å². The summed E-state index contributed by atoms with van der Waals surface area (Å²) in [6, 6.07) is 7.59. The highest BCUT2D eigenvalue weighted by atomic mass is 35.5. The van der Waals surface area contributed by atoms with E-state index < -0.39 is 0 Å². The summed E-state index contributed by atoms with van der Waals surface area (Å²) in [4.78, 5) is 1.74. The molecule has 1 rings (SSSR count). The van der Waals surface area contributed by atoms with Crippen LogP contribution in [0.1, 0.15) is 19.4 Å². The van der Waals surface area contributed by atoms with Crippen LogP contribution in [0.25, 0.3) is 6.08 Å². The maximum atomic E-state index is 9.29. The predicted molar refractivity (Wildman–Crippen MR) is 84.1 cm³/mol. The van der Waals surface area contributed by atoms with Gasteiger partial charge < -0.3 is 10.6 Å². The van der Waals surface area contributed by atoms with Gasteiger partial charge in [0, 0.05) is 16.1 Å². The Bertz CT molecular complexity index is 520. The average Bonchev–Trinajstić information content (AvgIpc) is 2.40. The van der Waals surface area contributed by atoms with Crippen LogP contribution in [-0.4, -0.2) is 24.3 Å². The number of halogens is 2. The molecule has 0 amide bonds. The van der Waals surface area contributed by atoms with Crippen molar-refractivity contribution in [1.82, 2.24) is 10.2 Å². The molecule has 1 aromatic rings. The molecule has 108 valence electrons. The van der Waals surface area contributed by atoms with Gasteiger partial charge in [-0.25, -0.2) is 0 Å². The molecule has 20 heavy (non-hydrogen) atoms. The molecule has 0 heterocycles. The Kier molecular flexibility index (Phi) is 6.83. The lowest BCUT2D eigenvalue weighted by Crippen LogP contribution is -2.39. The van der Waals surface area contributed by atoms with Gasteiger partial charge in [0.2, 0.25) is 0 Å². The van der Waals surface area contributed by atoms with Crippen LogP contribution in [0.3, 0.4) is 0 Å². The van der Waals surface area contributed by atoms with Crippen LogP contribution in [0.2, 0.25) is 10.0 Å². The first-order chi connectivity index (χ1) is 9.47. The van der Waals surface area contributed by atoms with E-state index in [1.165, 1.54) is 0 Å². The van der Waals surface area contributed by atoms with Gasteiger partial charge >= 0.3 is 0 Å². The molecule has 0 fully saturated rings. The number of hydrogen-bond donors (Lipinski definition) is 2. The van der Waals surface area contributed by atoms with Crippen molar-refractivity contribution in [3.05, 3.63) is 39.5 Å². The van der Waals surface area contributed by atoms with Gasteiger partial charge in [-0.15, -0.1) is 0 Å². The lowest BCUT2D eigenvalue weighted by Gasteiger charge is -2.23. The second-order valence-electron chi connectivity index (χ2n) is 4.55. The number of nitrogens with two attached hydrogens (primary N) is 1. The number of nitrogens with one attached hydrogen (secondary N) is 1. The fourth-order valence-electron chi connectivity index (χ4n) is 1.50. The van der Waals surface area contributed by atoms with Crippen LogP contribution in [0.5, 0.6) is 0 Å². The number of nitrogens with zero attached hydrogens (tertiary/aromatic N) is 2. The molecule has 0 aliphatic rings. The van der Waals surface area contributed by atoms with Crippen LogP contribution < -0.4 is 11.1 Å². The van der Waals surface area contributed by atoms with Gasteiger partial charge in [-0.1, -0.05) is 29.3 Å². The molecule has 4 nitrogen and oxygen atoms in total. The van der Waals surface area contributed by atoms with Gasteiger partial charge in [-0.05, 0) is 37.6 Å². The van der Waals surface area contributed by atoms with Crippen molar-refractivity contribution < 1.29 is 0 Å². The molecular weight excluding hydrogens is 295 g/mol. The molecule has 6 heteroatoms. The van der Waals surface area contributed by atoms with Gasteiger partial charge in [0.15, 0.2) is 0 Å². The molecule has 0 spiro atoms. The summed E-state index contributed by atoms with van der Waals surface area (Å²) < 4.78 is 0. The SMILES string of the molecule is CC(C)NCN(CN)/C(C#N)=C\c1ccc(Cl)cc1Cl. The summed E-state index contributed by atoms with van der Waals surface area (Å²) in [5, 5.41) is 13.6. The lowest BCUT2D eigenvalue weighted by atomic mass is 10.2. The molecule has 0 unspecified atom stereocenters. The van der Waals surface area contributed by atoms with Crippen LogP contribution in [-0.2, 0) is 0 Å². The molecule has 0 saturated carbocycles. The highest BCUT2D eigenvalue weighted by Crippen LogP contribution is 2.23. The van der Waals surface area contributed by atoms with Crippen LogP contribution >= 0.6 is 23.2 Å². The van der Waals surface area contributed by atoms with Crippen molar-refractivity contribution in [2.45, 2.75) is 19.9 Å². The zero-order valence-corrected chi connectivity index (χ0v) is 13.0. The number of hydrogen-bond acceptors (Lipinski definition) is 4. The highest BCUT2D eigenvalue weighted by molar-refractivity contribution is 6.35. The zero-order valence-electron chi connectivity index (χ0n) is 11.5. The second-order valence-corrected chi connectivity index (χ2v) is 5.39. The quantitative estimate of drug-likeness (QED) is 0.626. The summed E-state index contributed by atoms with van der Waals surface area (Å²) >= 11 is 12.0. The smallest absolute Gasteiger partial charge is 0.118 e. The van der Waals surface area contributed by atoms with E-state index in [-0.39, 0.29) is 6.67 Å². The van der Waals surface area contributed by atoms with Crippen molar-refractivity contribution in [1.29, 1.82) is 5.26 Å². The summed E-state index contributed by atoms with van der Waals surface area (Å²) in [6.45, 7) is 4.80. The first kappa shape index (κ1) is 16.8. The van der Waals surface area contributed by atoms with Crippen molar-refractivity contribution in [3.8, 4) is 6.07 Å². The van der Waals surface area contributed by atoms with E-state index >= 15 is 0 Å². The number of nitriles is 1. The van der Waals surface area contributed by atoms with E-state index in [0.717, 1.165) is 5.56 Å². The normalized spacial score (nSPS) is 11.6. The summed E-state index contributed by atoms with van der Waals surface area (Å²) in [5.74, 6) is 0. The Morgan fingerprint density at radius 3 is 2.70 bits per heavy atom. The molecule has 0 saturated heterocycles. The predicted octanol–water partition coefficient (Wildman–Crippen LogP) is 3.03. The lowest BCUT2D eigenvalue weighted by molar-refractivity contribution is 0.323. The summed E-state index contributed by atoms with van der Waals surface area (Å²) in [5.41, 5.74) is 6.87. The van der Waals surface area contributed by atoms with Crippen LogP contribution in [0.15, 0.2) is 23.9 Å². The Labute approximate surface area is 129 Å². The van der Waals surface area contributed by atoms with Gasteiger partial charge in [0.05, 0.1) is 13.3 Å². The second kappa shape index (κ2) is 8.13. The van der Waals surface area contributed by atoms with E-state index in [2.05, 4.69) is 11.4 Å². The molecule has 0 atom stereocenters. The van der Waals surface area contributed by atoms with Crippen molar-refractivity contribution in [2.75, 3.05) is 13.3 Å². The maximum Gasteiger partial charge on any atom is 0.118 e. The van der Waals surface area contributed by atoms with Gasteiger partial charge in [0.1, 0.15) is 11.8 Å². The summed E-state index contributed by atoms with van der Waals surface area (Å²) in [6.07, 6.45) is 1.70. The molecule has 1 aromatic carbocycles. The Hall–Kier alpha value is -1.25. The molecule has 0 aliphatic heterocycles. The van der Waals surface area contributed by atoms with Crippen molar-refractivity contribution >= 4 is 29.3 Å². The van der Waals surface area contributed by atoms with E-state index in [4.69, 9.17) is 28.9 Å². The van der Waals surface area contributed by atoms with Crippen LogP contribution in [0.4, 0.5) is 0 Å². The first-order valence-electron chi connectivity index (χ1n) is 6.23. The minimum atomic E-state index is 0.240. The molecule has 3 N–H and O–H groups in total. The average molecular weight is 313 g/mol. The Morgan fingerprint density at radius 2 is 2.20 bits per heavy atom. The van der Waals surface area contributed by atoms with Gasteiger partial charge in [0.25, 0.3) is 0 Å². The number of allylic oxidation sites excluding steroid dienone is 1. The van der Waals surface area contributed by atoms with E-state index in [1.54, 1.807) is 29.2 Å². The topological polar surface area (TPSA) is 65.1 Å². The number of rotatable bonds is 6. The van der Waals surface area contributed by atoms with E-state index in [0.29, 0.717) is 28.5 Å². The van der Waals surface area contributed by atoms with Crippen molar-refractivity contribution in [3.63, 3.8) is 0 Å². The first-order valence-corrected chi connectivity index (χ1v) is 6.98. The minimum Gasteiger partial charge on any atom is -0.338 e. The fraction of sp³-hybridized carbons (Fsp3) is 0.357.